The number of rotatable bonds is 7. The van der Waals surface area contributed by atoms with Gasteiger partial charge in [-0.3, -0.25) is 9.59 Å². The Labute approximate surface area is 143 Å². The van der Waals surface area contributed by atoms with Crippen molar-refractivity contribution in [1.29, 1.82) is 0 Å². The van der Waals surface area contributed by atoms with Crippen LogP contribution in [0.5, 0.6) is 5.75 Å². The number of carboxylic acids is 1. The van der Waals surface area contributed by atoms with Crippen LogP contribution < -0.4 is 20.6 Å². The lowest BCUT2D eigenvalue weighted by Crippen LogP contribution is -2.39. The van der Waals surface area contributed by atoms with E-state index >= 15 is 0 Å². The zero-order valence-electron chi connectivity index (χ0n) is 13.2. The van der Waals surface area contributed by atoms with E-state index in [4.69, 9.17) is 16.3 Å². The molecule has 0 saturated carbocycles. The molecule has 0 unspecified atom stereocenters. The Morgan fingerprint density at radius 3 is 2.62 bits per heavy atom. The normalized spacial score (nSPS) is 10.7. The third kappa shape index (κ3) is 7.10. The zero-order chi connectivity index (χ0) is 18.1. The number of hydrogen-bond donors (Lipinski definition) is 2. The molecule has 8 nitrogen and oxygen atoms in total. The van der Waals surface area contributed by atoms with E-state index in [0.717, 1.165) is 0 Å². The van der Waals surface area contributed by atoms with Gasteiger partial charge in [0.05, 0.1) is 17.2 Å². The number of hydrogen-bond acceptors (Lipinski definition) is 6. The second-order valence-electron chi connectivity index (χ2n) is 5.15. The lowest BCUT2D eigenvalue weighted by Gasteiger charge is -2.08. The van der Waals surface area contributed by atoms with E-state index in [1.165, 1.54) is 18.3 Å². The molecule has 0 spiro atoms. The Balaban J connectivity index is 2.55. The fourth-order valence-corrected chi connectivity index (χ4v) is 1.69. The van der Waals surface area contributed by atoms with Gasteiger partial charge in [0, 0.05) is 6.54 Å². The van der Waals surface area contributed by atoms with E-state index < -0.39 is 24.4 Å². The Kier molecular flexibility index (Phi) is 7.70. The quantitative estimate of drug-likeness (QED) is 0.395. The highest BCUT2D eigenvalue weighted by Crippen LogP contribution is 2.24. The van der Waals surface area contributed by atoms with Gasteiger partial charge in [0.2, 0.25) is 0 Å². The smallest absolute Gasteiger partial charge is 0.329 e. The van der Waals surface area contributed by atoms with Crippen molar-refractivity contribution in [2.45, 2.75) is 13.8 Å². The number of carboxylic acid groups (broad SMARTS) is 1. The van der Waals surface area contributed by atoms with Gasteiger partial charge in [0.15, 0.2) is 0 Å². The van der Waals surface area contributed by atoms with Crippen LogP contribution in [0.3, 0.4) is 0 Å². The van der Waals surface area contributed by atoms with Crippen molar-refractivity contribution < 1.29 is 24.2 Å². The number of amides is 2. The standard InChI is InChI=1S/C15H18ClN3O5/c1-9(2)6-17-14(22)15(23)19-18-7-10-3-4-12(11(16)5-10)24-8-13(20)21/h3-5,7,9H,6,8H2,1-2H3,(H,17,22)(H,19,23)(H,20,21)/p-1/b18-7-. The SMILES string of the molecule is CC(C)CNC(=O)C(=O)N/N=C\c1ccc(OCC(=O)[O-])c(Cl)c1. The lowest BCUT2D eigenvalue weighted by atomic mass is 10.2. The van der Waals surface area contributed by atoms with Crippen LogP contribution in [-0.4, -0.2) is 37.1 Å². The molecule has 0 aliphatic carbocycles. The summed E-state index contributed by atoms with van der Waals surface area (Å²) < 4.78 is 4.91. The first-order valence-electron chi connectivity index (χ1n) is 7.03. The van der Waals surface area contributed by atoms with Crippen molar-refractivity contribution >= 4 is 35.6 Å². The number of nitrogens with zero attached hydrogens (tertiary/aromatic N) is 1. The van der Waals surface area contributed by atoms with Crippen LogP contribution in [0, 0.1) is 5.92 Å². The number of carbonyl (C=O) groups is 3. The Bertz CT molecular complexity index is 646. The van der Waals surface area contributed by atoms with E-state index in [0.29, 0.717) is 12.1 Å². The molecule has 1 aromatic carbocycles. The van der Waals surface area contributed by atoms with Crippen molar-refractivity contribution in [2.24, 2.45) is 11.0 Å². The molecule has 0 aliphatic rings. The highest BCUT2D eigenvalue weighted by Gasteiger charge is 2.12. The van der Waals surface area contributed by atoms with Crippen LogP contribution >= 0.6 is 11.6 Å². The molecule has 9 heteroatoms. The molecule has 0 saturated heterocycles. The van der Waals surface area contributed by atoms with Crippen LogP contribution in [-0.2, 0) is 14.4 Å². The average Bonchev–Trinajstić information content (AvgIpc) is 2.51. The molecule has 2 amide bonds. The predicted octanol–water partition coefficient (Wildman–Crippen LogP) is -0.309. The molecular formula is C15H17ClN3O5-. The molecule has 0 radical (unpaired) electrons. The van der Waals surface area contributed by atoms with Gasteiger partial charge in [-0.1, -0.05) is 25.4 Å². The van der Waals surface area contributed by atoms with Gasteiger partial charge < -0.3 is 20.0 Å². The highest BCUT2D eigenvalue weighted by atomic mass is 35.5. The van der Waals surface area contributed by atoms with Crippen molar-refractivity contribution in [2.75, 3.05) is 13.2 Å². The molecular weight excluding hydrogens is 338 g/mol. The Morgan fingerprint density at radius 2 is 2.04 bits per heavy atom. The summed E-state index contributed by atoms with van der Waals surface area (Å²) in [7, 11) is 0. The minimum absolute atomic E-state index is 0.168. The summed E-state index contributed by atoms with van der Waals surface area (Å²) in [6.07, 6.45) is 1.28. The summed E-state index contributed by atoms with van der Waals surface area (Å²) in [5.74, 6) is -2.62. The van der Waals surface area contributed by atoms with Gasteiger partial charge in [-0.2, -0.15) is 5.10 Å². The van der Waals surface area contributed by atoms with Gasteiger partial charge in [0.1, 0.15) is 12.4 Å². The Morgan fingerprint density at radius 1 is 1.33 bits per heavy atom. The molecule has 0 heterocycles. The van der Waals surface area contributed by atoms with E-state index in [1.807, 2.05) is 13.8 Å². The van der Waals surface area contributed by atoms with Gasteiger partial charge in [-0.25, -0.2) is 5.43 Å². The van der Waals surface area contributed by atoms with Crippen molar-refractivity contribution in [3.63, 3.8) is 0 Å². The highest BCUT2D eigenvalue weighted by molar-refractivity contribution is 6.35. The third-order valence-corrected chi connectivity index (χ3v) is 2.85. The predicted molar refractivity (Wildman–Crippen MR) is 85.5 cm³/mol. The number of ether oxygens (including phenoxy) is 1. The van der Waals surface area contributed by atoms with Crippen LogP contribution in [0.25, 0.3) is 0 Å². The van der Waals surface area contributed by atoms with Crippen LogP contribution in [0.4, 0.5) is 0 Å². The molecule has 2 N–H and O–H groups in total. The van der Waals surface area contributed by atoms with Crippen LogP contribution in [0.1, 0.15) is 19.4 Å². The minimum atomic E-state index is -1.37. The summed E-state index contributed by atoms with van der Waals surface area (Å²) in [5.41, 5.74) is 2.60. The number of halogens is 1. The molecule has 0 fully saturated rings. The summed E-state index contributed by atoms with van der Waals surface area (Å²) in [4.78, 5) is 33.2. The van der Waals surface area contributed by atoms with Crippen molar-refractivity contribution in [3.8, 4) is 5.75 Å². The molecule has 1 rings (SSSR count). The second kappa shape index (κ2) is 9.51. The summed E-state index contributed by atoms with van der Waals surface area (Å²) >= 11 is 5.92. The maximum absolute atomic E-state index is 11.5. The summed E-state index contributed by atoms with van der Waals surface area (Å²) in [6, 6.07) is 4.45. The molecule has 0 aromatic heterocycles. The average molecular weight is 355 g/mol. The lowest BCUT2D eigenvalue weighted by molar-refractivity contribution is -0.307. The number of aliphatic carboxylic acids is 1. The third-order valence-electron chi connectivity index (χ3n) is 2.56. The number of benzene rings is 1. The number of nitrogens with one attached hydrogen (secondary N) is 2. The van der Waals surface area contributed by atoms with E-state index in [2.05, 4.69) is 15.8 Å². The molecule has 1 aromatic rings. The van der Waals surface area contributed by atoms with Gasteiger partial charge in [-0.15, -0.1) is 0 Å². The maximum atomic E-state index is 11.5. The monoisotopic (exact) mass is 354 g/mol. The topological polar surface area (TPSA) is 120 Å². The van der Waals surface area contributed by atoms with Gasteiger partial charge >= 0.3 is 11.8 Å². The largest absolute Gasteiger partial charge is 0.546 e. The summed E-state index contributed by atoms with van der Waals surface area (Å²) in [5, 5.41) is 16.6. The second-order valence-corrected chi connectivity index (χ2v) is 5.56. The molecule has 24 heavy (non-hydrogen) atoms. The fraction of sp³-hybridized carbons (Fsp3) is 0.333. The first-order valence-corrected chi connectivity index (χ1v) is 7.40. The number of hydrazone groups is 1. The van der Waals surface area contributed by atoms with E-state index in [-0.39, 0.29) is 16.7 Å². The minimum Gasteiger partial charge on any atom is -0.546 e. The molecule has 0 bridgehead atoms. The van der Waals surface area contributed by atoms with Crippen molar-refractivity contribution in [3.05, 3.63) is 28.8 Å². The fourth-order valence-electron chi connectivity index (χ4n) is 1.44. The summed E-state index contributed by atoms with van der Waals surface area (Å²) in [6.45, 7) is 3.58. The first-order chi connectivity index (χ1) is 11.3. The molecule has 0 atom stereocenters. The molecule has 130 valence electrons. The zero-order valence-corrected chi connectivity index (χ0v) is 13.9. The van der Waals surface area contributed by atoms with Gasteiger partial charge in [-0.05, 0) is 29.7 Å². The van der Waals surface area contributed by atoms with Gasteiger partial charge in [0.25, 0.3) is 0 Å². The number of carbonyl (C=O) groups excluding carboxylic acids is 3. The molecule has 0 aliphatic heterocycles. The van der Waals surface area contributed by atoms with E-state index in [9.17, 15) is 19.5 Å². The Hall–Kier alpha value is -2.61. The van der Waals surface area contributed by atoms with E-state index in [1.54, 1.807) is 6.07 Å². The van der Waals surface area contributed by atoms with Crippen molar-refractivity contribution in [1.82, 2.24) is 10.7 Å². The first kappa shape index (κ1) is 19.4. The van der Waals surface area contributed by atoms with Crippen LogP contribution in [0.2, 0.25) is 5.02 Å². The van der Waals surface area contributed by atoms with Crippen LogP contribution in [0.15, 0.2) is 23.3 Å². The maximum Gasteiger partial charge on any atom is 0.329 e.